The Balaban J connectivity index is 1.40. The number of thiophene rings is 1. The lowest BCUT2D eigenvalue weighted by Crippen LogP contribution is -2.49. The van der Waals surface area contributed by atoms with Crippen LogP contribution < -0.4 is 15.2 Å². The number of ether oxygens (including phenoxy) is 1. The van der Waals surface area contributed by atoms with Crippen molar-refractivity contribution >= 4 is 27.0 Å². The van der Waals surface area contributed by atoms with Crippen LogP contribution >= 0.6 is 11.3 Å². The molecule has 1 aliphatic heterocycles. The zero-order chi connectivity index (χ0) is 22.1. The summed E-state index contributed by atoms with van der Waals surface area (Å²) in [6.07, 6.45) is 3.89. The van der Waals surface area contributed by atoms with E-state index >= 15 is 0 Å². The molecular formula is C22H24N4O4S2. The Bertz CT molecular complexity index is 1230. The molecule has 2 aliphatic rings. The first kappa shape index (κ1) is 21.2. The van der Waals surface area contributed by atoms with Crippen LogP contribution in [0.1, 0.15) is 12.8 Å². The van der Waals surface area contributed by atoms with Gasteiger partial charge in [-0.15, -0.1) is 11.3 Å². The highest BCUT2D eigenvalue weighted by atomic mass is 32.2. The molecule has 1 aliphatic carbocycles. The average Bonchev–Trinajstić information content (AvgIpc) is 3.47. The number of para-hydroxylation sites is 1. The van der Waals surface area contributed by atoms with Gasteiger partial charge in [0.25, 0.3) is 10.0 Å². The van der Waals surface area contributed by atoms with E-state index in [-0.39, 0.29) is 11.3 Å². The van der Waals surface area contributed by atoms with Gasteiger partial charge in [-0.1, -0.05) is 24.3 Å². The van der Waals surface area contributed by atoms with Crippen molar-refractivity contribution in [2.45, 2.75) is 17.1 Å². The largest absolute Gasteiger partial charge is 0.486 e. The summed E-state index contributed by atoms with van der Waals surface area (Å²) in [6, 6.07) is 12.6. The molecule has 3 heterocycles. The van der Waals surface area contributed by atoms with Gasteiger partial charge in [-0.25, -0.2) is 8.42 Å². The van der Waals surface area contributed by atoms with Gasteiger partial charge in [-0.2, -0.15) is 14.1 Å². The van der Waals surface area contributed by atoms with Crippen molar-refractivity contribution in [2.75, 3.05) is 37.7 Å². The zero-order valence-electron chi connectivity index (χ0n) is 17.5. The van der Waals surface area contributed by atoms with Gasteiger partial charge in [0.15, 0.2) is 0 Å². The molecule has 1 saturated carbocycles. The Hall–Kier alpha value is -2.69. The fourth-order valence-corrected chi connectivity index (χ4v) is 6.30. The van der Waals surface area contributed by atoms with Crippen LogP contribution in [0.25, 0.3) is 5.69 Å². The van der Waals surface area contributed by atoms with Gasteiger partial charge in [0, 0.05) is 26.2 Å². The molecule has 0 spiro atoms. The average molecular weight is 473 g/mol. The number of sulfonamides is 1. The molecular weight excluding hydrogens is 448 g/mol. The third kappa shape index (κ3) is 4.17. The summed E-state index contributed by atoms with van der Waals surface area (Å²) in [7, 11) is -3.49. The lowest BCUT2D eigenvalue weighted by molar-refractivity contribution is 0.292. The molecule has 8 nitrogen and oxygen atoms in total. The summed E-state index contributed by atoms with van der Waals surface area (Å²) in [5, 5.41) is 6.15. The van der Waals surface area contributed by atoms with Crippen LogP contribution in [-0.4, -0.2) is 55.3 Å². The number of piperazine rings is 1. The molecule has 0 N–H and O–H groups in total. The van der Waals surface area contributed by atoms with Crippen LogP contribution in [-0.2, 0) is 10.0 Å². The molecule has 0 amide bonds. The third-order valence-electron chi connectivity index (χ3n) is 5.74. The lowest BCUT2D eigenvalue weighted by Gasteiger charge is -2.35. The van der Waals surface area contributed by atoms with Gasteiger partial charge in [0.05, 0.1) is 18.5 Å². The maximum atomic E-state index is 13.3. The molecule has 5 rings (SSSR count). The fraction of sp³-hybridized carbons (Fsp3) is 0.364. The normalized spacial score (nSPS) is 17.4. The summed E-state index contributed by atoms with van der Waals surface area (Å²) in [4.78, 5) is 15.3. The van der Waals surface area contributed by atoms with Gasteiger partial charge in [0.2, 0.25) is 5.75 Å². The monoisotopic (exact) mass is 472 g/mol. The minimum Gasteiger partial charge on any atom is -0.486 e. The topological polar surface area (TPSA) is 84.7 Å². The van der Waals surface area contributed by atoms with Gasteiger partial charge in [-0.3, -0.25) is 4.79 Å². The van der Waals surface area contributed by atoms with Crippen LogP contribution in [0.15, 0.2) is 63.0 Å². The van der Waals surface area contributed by atoms with Crippen molar-refractivity contribution in [3.05, 3.63) is 64.4 Å². The first-order valence-corrected chi connectivity index (χ1v) is 12.9. The molecule has 0 unspecified atom stereocenters. The van der Waals surface area contributed by atoms with Crippen molar-refractivity contribution in [1.82, 2.24) is 14.1 Å². The number of anilines is 1. The third-order valence-corrected chi connectivity index (χ3v) is 9.02. The highest BCUT2D eigenvalue weighted by molar-refractivity contribution is 7.91. The van der Waals surface area contributed by atoms with E-state index in [0.717, 1.165) is 12.8 Å². The molecule has 0 atom stereocenters. The van der Waals surface area contributed by atoms with E-state index in [1.165, 1.54) is 20.3 Å². The molecule has 0 bridgehead atoms. The van der Waals surface area contributed by atoms with Gasteiger partial charge in [-0.05, 0) is 42.3 Å². The smallest absolute Gasteiger partial charge is 0.316 e. The Kier molecular flexibility index (Phi) is 5.75. The van der Waals surface area contributed by atoms with Gasteiger partial charge < -0.3 is 9.64 Å². The van der Waals surface area contributed by atoms with Crippen molar-refractivity contribution in [2.24, 2.45) is 5.92 Å². The number of hydrogen-bond acceptors (Lipinski definition) is 7. The second-order valence-corrected chi connectivity index (χ2v) is 11.1. The molecule has 168 valence electrons. The Morgan fingerprint density at radius 1 is 1.03 bits per heavy atom. The minimum absolute atomic E-state index is 0.283. The Morgan fingerprint density at radius 3 is 2.44 bits per heavy atom. The first-order valence-electron chi connectivity index (χ1n) is 10.6. The molecule has 3 aromatic rings. The van der Waals surface area contributed by atoms with Crippen molar-refractivity contribution in [1.29, 1.82) is 0 Å². The standard InChI is InChI=1S/C22H24N4O4S2/c27-22-21(30-16-17-8-9-17)19(15-23-26(22)18-5-2-1-3-6-18)24-10-12-25(13-11-24)32(28,29)20-7-4-14-31-20/h1-7,14-15,17H,8-13,16H2. The molecule has 1 saturated heterocycles. The Morgan fingerprint density at radius 2 is 1.78 bits per heavy atom. The second kappa shape index (κ2) is 8.68. The number of hydrogen-bond donors (Lipinski definition) is 0. The van der Waals surface area contributed by atoms with Crippen LogP contribution in [0.2, 0.25) is 0 Å². The first-order chi connectivity index (χ1) is 15.5. The molecule has 2 aromatic heterocycles. The molecule has 2 fully saturated rings. The van der Waals surface area contributed by atoms with E-state index in [2.05, 4.69) is 5.10 Å². The predicted octanol–water partition coefficient (Wildman–Crippen LogP) is 2.59. The maximum Gasteiger partial charge on any atom is 0.316 e. The number of nitrogens with zero attached hydrogens (tertiary/aromatic N) is 4. The van der Waals surface area contributed by atoms with Gasteiger partial charge in [0.1, 0.15) is 9.90 Å². The zero-order valence-corrected chi connectivity index (χ0v) is 19.1. The lowest BCUT2D eigenvalue weighted by atomic mass is 10.3. The van der Waals surface area contributed by atoms with E-state index in [1.807, 2.05) is 35.2 Å². The highest BCUT2D eigenvalue weighted by Gasteiger charge is 2.31. The Labute approximate surface area is 190 Å². The van der Waals surface area contributed by atoms with E-state index in [4.69, 9.17) is 4.74 Å². The van der Waals surface area contributed by atoms with Gasteiger partial charge >= 0.3 is 5.56 Å². The van der Waals surface area contributed by atoms with Crippen LogP contribution in [0, 0.1) is 5.92 Å². The summed E-state index contributed by atoms with van der Waals surface area (Å²) >= 11 is 1.22. The van der Waals surface area contributed by atoms with E-state index in [1.54, 1.807) is 23.7 Å². The molecule has 32 heavy (non-hydrogen) atoms. The van der Waals surface area contributed by atoms with Crippen LogP contribution in [0.5, 0.6) is 5.75 Å². The SMILES string of the molecule is O=c1c(OCC2CC2)c(N2CCN(S(=O)(=O)c3cccs3)CC2)cnn1-c1ccccc1. The quantitative estimate of drug-likeness (QED) is 0.526. The van der Waals surface area contributed by atoms with Crippen LogP contribution in [0.3, 0.4) is 0 Å². The summed E-state index contributed by atoms with van der Waals surface area (Å²) in [5.74, 6) is 0.777. The summed E-state index contributed by atoms with van der Waals surface area (Å²) in [5.41, 5.74) is 0.992. The van der Waals surface area contributed by atoms with Crippen molar-refractivity contribution in [3.63, 3.8) is 0 Å². The molecule has 10 heteroatoms. The van der Waals surface area contributed by atoms with Crippen molar-refractivity contribution in [3.8, 4) is 11.4 Å². The molecule has 1 aromatic carbocycles. The second-order valence-electron chi connectivity index (χ2n) is 7.99. The minimum atomic E-state index is -3.49. The molecule has 0 radical (unpaired) electrons. The number of benzene rings is 1. The fourth-order valence-electron chi connectivity index (χ4n) is 3.74. The predicted molar refractivity (Wildman–Crippen MR) is 123 cm³/mol. The maximum absolute atomic E-state index is 13.3. The highest BCUT2D eigenvalue weighted by Crippen LogP contribution is 2.32. The summed E-state index contributed by atoms with van der Waals surface area (Å²) < 4.78 is 34.9. The van der Waals surface area contributed by atoms with Crippen molar-refractivity contribution < 1.29 is 13.2 Å². The number of aromatic nitrogens is 2. The number of rotatable bonds is 7. The van der Waals surface area contributed by atoms with Crippen LogP contribution in [0.4, 0.5) is 5.69 Å². The van der Waals surface area contributed by atoms with E-state index < -0.39 is 10.0 Å². The van der Waals surface area contributed by atoms with E-state index in [9.17, 15) is 13.2 Å². The summed E-state index contributed by atoms with van der Waals surface area (Å²) in [6.45, 7) is 2.10. The van der Waals surface area contributed by atoms with E-state index in [0.29, 0.717) is 54.3 Å².